The number of hydrogen-bond donors (Lipinski definition) is 2. The van der Waals surface area contributed by atoms with E-state index in [9.17, 15) is 9.59 Å². The third-order valence-corrected chi connectivity index (χ3v) is 4.64. The van der Waals surface area contributed by atoms with E-state index in [1.165, 1.54) is 12.8 Å². The Morgan fingerprint density at radius 1 is 1.24 bits per heavy atom. The lowest BCUT2D eigenvalue weighted by Gasteiger charge is -2.35. The summed E-state index contributed by atoms with van der Waals surface area (Å²) in [5, 5.41) is 6.43. The zero-order chi connectivity index (χ0) is 15.4. The Balaban J connectivity index is 1.69. The second kappa shape index (κ2) is 7.25. The SMILES string of the molecule is CC(C)CC(=O)NCCC(=O)N(C)C1CC2CCC(C1)N2. The van der Waals surface area contributed by atoms with Crippen LogP contribution >= 0.6 is 0 Å². The fourth-order valence-corrected chi connectivity index (χ4v) is 3.48. The Labute approximate surface area is 127 Å². The van der Waals surface area contributed by atoms with E-state index in [2.05, 4.69) is 10.6 Å². The Morgan fingerprint density at radius 2 is 1.86 bits per heavy atom. The number of carbonyl (C=O) groups excluding carboxylic acids is 2. The van der Waals surface area contributed by atoms with Gasteiger partial charge in [-0.1, -0.05) is 13.8 Å². The van der Waals surface area contributed by atoms with Gasteiger partial charge in [0.1, 0.15) is 0 Å². The van der Waals surface area contributed by atoms with Crippen molar-refractivity contribution in [2.45, 2.75) is 70.5 Å². The molecule has 2 fully saturated rings. The fourth-order valence-electron chi connectivity index (χ4n) is 3.48. The molecule has 2 aliphatic heterocycles. The number of nitrogens with one attached hydrogen (secondary N) is 2. The fraction of sp³-hybridized carbons (Fsp3) is 0.875. The molecule has 2 N–H and O–H groups in total. The van der Waals surface area contributed by atoms with Gasteiger partial charge in [0.2, 0.25) is 11.8 Å². The molecule has 0 spiro atoms. The number of hydrogen-bond acceptors (Lipinski definition) is 3. The van der Waals surface area contributed by atoms with Gasteiger partial charge in [0.25, 0.3) is 0 Å². The molecule has 120 valence electrons. The van der Waals surface area contributed by atoms with Gasteiger partial charge < -0.3 is 15.5 Å². The molecule has 2 atom stereocenters. The maximum absolute atomic E-state index is 12.2. The van der Waals surface area contributed by atoms with Crippen LogP contribution in [0.3, 0.4) is 0 Å². The number of amides is 2. The Kier molecular flexibility index (Phi) is 5.62. The lowest BCUT2D eigenvalue weighted by Crippen LogP contribution is -2.49. The van der Waals surface area contributed by atoms with Crippen molar-refractivity contribution >= 4 is 11.8 Å². The summed E-state index contributed by atoms with van der Waals surface area (Å²) in [7, 11) is 1.91. The van der Waals surface area contributed by atoms with E-state index >= 15 is 0 Å². The summed E-state index contributed by atoms with van der Waals surface area (Å²) in [4.78, 5) is 25.7. The number of rotatable bonds is 6. The first-order chi connectivity index (χ1) is 9.95. The van der Waals surface area contributed by atoms with E-state index in [4.69, 9.17) is 0 Å². The molecule has 0 aromatic carbocycles. The van der Waals surface area contributed by atoms with Crippen LogP contribution in [-0.4, -0.2) is 48.4 Å². The van der Waals surface area contributed by atoms with Crippen LogP contribution in [-0.2, 0) is 9.59 Å². The third-order valence-electron chi connectivity index (χ3n) is 4.64. The van der Waals surface area contributed by atoms with Crippen LogP contribution < -0.4 is 10.6 Å². The zero-order valence-electron chi connectivity index (χ0n) is 13.5. The average Bonchev–Trinajstić information content (AvgIpc) is 2.75. The van der Waals surface area contributed by atoms with E-state index in [1.807, 2.05) is 25.8 Å². The lowest BCUT2D eigenvalue weighted by molar-refractivity contribution is -0.132. The standard InChI is InChI=1S/C16H29N3O2/c1-11(2)8-15(20)17-7-6-16(21)19(3)14-9-12-4-5-13(10-14)18-12/h11-14,18H,4-10H2,1-3H3,(H,17,20). The Bertz CT molecular complexity index is 372. The largest absolute Gasteiger partial charge is 0.356 e. The van der Waals surface area contributed by atoms with Gasteiger partial charge in [-0.15, -0.1) is 0 Å². The van der Waals surface area contributed by atoms with Crippen LogP contribution in [0.2, 0.25) is 0 Å². The van der Waals surface area contributed by atoms with Crippen molar-refractivity contribution in [1.29, 1.82) is 0 Å². The highest BCUT2D eigenvalue weighted by Gasteiger charge is 2.36. The molecule has 0 saturated carbocycles. The van der Waals surface area contributed by atoms with E-state index in [0.29, 0.717) is 43.4 Å². The molecule has 0 aromatic heterocycles. The van der Waals surface area contributed by atoms with Crippen molar-refractivity contribution in [3.8, 4) is 0 Å². The van der Waals surface area contributed by atoms with Gasteiger partial charge in [-0.25, -0.2) is 0 Å². The summed E-state index contributed by atoms with van der Waals surface area (Å²) in [5.41, 5.74) is 0. The molecule has 5 heteroatoms. The molecule has 0 radical (unpaired) electrons. The van der Waals surface area contributed by atoms with Crippen LogP contribution in [0, 0.1) is 5.92 Å². The van der Waals surface area contributed by atoms with Crippen LogP contribution in [0.1, 0.15) is 52.4 Å². The molecule has 2 amide bonds. The van der Waals surface area contributed by atoms with E-state index < -0.39 is 0 Å². The van der Waals surface area contributed by atoms with Crippen molar-refractivity contribution in [3.05, 3.63) is 0 Å². The van der Waals surface area contributed by atoms with Gasteiger partial charge in [-0.2, -0.15) is 0 Å². The van der Waals surface area contributed by atoms with Crippen LogP contribution in [0.25, 0.3) is 0 Å². The number of nitrogens with zero attached hydrogens (tertiary/aromatic N) is 1. The highest BCUT2D eigenvalue weighted by Crippen LogP contribution is 2.29. The number of fused-ring (bicyclic) bond motifs is 2. The van der Waals surface area contributed by atoms with Crippen molar-refractivity contribution < 1.29 is 9.59 Å². The van der Waals surface area contributed by atoms with Crippen molar-refractivity contribution in [2.24, 2.45) is 5.92 Å². The van der Waals surface area contributed by atoms with Crippen LogP contribution in [0.4, 0.5) is 0 Å². The summed E-state index contributed by atoms with van der Waals surface area (Å²) in [6, 6.07) is 1.55. The summed E-state index contributed by atoms with van der Waals surface area (Å²) in [6.45, 7) is 4.49. The topological polar surface area (TPSA) is 61.4 Å². The zero-order valence-corrected chi connectivity index (χ0v) is 13.5. The molecule has 2 heterocycles. The minimum Gasteiger partial charge on any atom is -0.356 e. The van der Waals surface area contributed by atoms with Gasteiger partial charge in [0, 0.05) is 44.6 Å². The molecule has 2 aliphatic rings. The van der Waals surface area contributed by atoms with Crippen LogP contribution in [0.15, 0.2) is 0 Å². The third kappa shape index (κ3) is 4.70. The molecule has 5 nitrogen and oxygen atoms in total. The smallest absolute Gasteiger partial charge is 0.224 e. The highest BCUT2D eigenvalue weighted by atomic mass is 16.2. The molecule has 21 heavy (non-hydrogen) atoms. The van der Waals surface area contributed by atoms with E-state index in [1.54, 1.807) is 0 Å². The molecular formula is C16H29N3O2. The molecule has 0 aromatic rings. The summed E-state index contributed by atoms with van der Waals surface area (Å²) in [6.07, 6.45) is 5.56. The van der Waals surface area contributed by atoms with Gasteiger partial charge in [0.05, 0.1) is 0 Å². The first kappa shape index (κ1) is 16.3. The first-order valence-electron chi connectivity index (χ1n) is 8.24. The van der Waals surface area contributed by atoms with Gasteiger partial charge in [-0.05, 0) is 31.6 Å². The van der Waals surface area contributed by atoms with Crippen molar-refractivity contribution in [3.63, 3.8) is 0 Å². The predicted molar refractivity (Wildman–Crippen MR) is 82.8 cm³/mol. The average molecular weight is 295 g/mol. The first-order valence-corrected chi connectivity index (χ1v) is 8.24. The van der Waals surface area contributed by atoms with Crippen LogP contribution in [0.5, 0.6) is 0 Å². The van der Waals surface area contributed by atoms with Gasteiger partial charge in [-0.3, -0.25) is 9.59 Å². The number of carbonyl (C=O) groups is 2. The Hall–Kier alpha value is -1.10. The monoisotopic (exact) mass is 295 g/mol. The molecule has 2 bridgehead atoms. The summed E-state index contributed by atoms with van der Waals surface area (Å²) >= 11 is 0. The van der Waals surface area contributed by atoms with Crippen molar-refractivity contribution in [1.82, 2.24) is 15.5 Å². The number of piperidine rings is 1. The van der Waals surface area contributed by atoms with Gasteiger partial charge >= 0.3 is 0 Å². The lowest BCUT2D eigenvalue weighted by atomic mass is 9.98. The maximum atomic E-state index is 12.2. The molecule has 2 saturated heterocycles. The van der Waals surface area contributed by atoms with E-state index in [0.717, 1.165) is 12.8 Å². The molecule has 2 rings (SSSR count). The van der Waals surface area contributed by atoms with E-state index in [-0.39, 0.29) is 11.8 Å². The highest BCUT2D eigenvalue weighted by molar-refractivity contribution is 5.79. The Morgan fingerprint density at radius 3 is 2.43 bits per heavy atom. The molecule has 0 aliphatic carbocycles. The minimum absolute atomic E-state index is 0.0420. The predicted octanol–water partition coefficient (Wildman–Crippen LogP) is 1.28. The summed E-state index contributed by atoms with van der Waals surface area (Å²) < 4.78 is 0. The van der Waals surface area contributed by atoms with Gasteiger partial charge in [0.15, 0.2) is 0 Å². The second-order valence-corrected chi connectivity index (χ2v) is 6.97. The maximum Gasteiger partial charge on any atom is 0.224 e. The quantitative estimate of drug-likeness (QED) is 0.776. The minimum atomic E-state index is 0.0420. The molecular weight excluding hydrogens is 266 g/mol. The molecule has 2 unspecified atom stereocenters. The normalized spacial score (nSPS) is 27.7. The summed E-state index contributed by atoms with van der Waals surface area (Å²) in [5.74, 6) is 0.542. The second-order valence-electron chi connectivity index (χ2n) is 6.97. The van der Waals surface area contributed by atoms with Crippen molar-refractivity contribution in [2.75, 3.05) is 13.6 Å².